The maximum atomic E-state index is 9.13. The molecule has 5 nitrogen and oxygen atoms in total. The molecule has 0 saturated heterocycles. The van der Waals surface area contributed by atoms with E-state index < -0.39 is 0 Å². The maximum Gasteiger partial charge on any atom is 0.141 e. The number of phenolic OH excluding ortho intramolecular Hbond substituents is 1. The number of hydrogen-bond donors (Lipinski definition) is 1. The van der Waals surface area contributed by atoms with Crippen molar-refractivity contribution in [2.75, 3.05) is 0 Å². The Bertz CT molecular complexity index is 459. The molecule has 0 radical (unpaired) electrons. The van der Waals surface area contributed by atoms with Crippen molar-refractivity contribution < 1.29 is 5.11 Å². The number of phenols is 1. The van der Waals surface area contributed by atoms with Gasteiger partial charge in [0.15, 0.2) is 0 Å². The average Bonchev–Trinajstić information content (AvgIpc) is 2.71. The highest BCUT2D eigenvalue weighted by Gasteiger charge is 1.97. The molecule has 0 aliphatic rings. The summed E-state index contributed by atoms with van der Waals surface area (Å²) < 4.78 is 1.53. The summed E-state index contributed by atoms with van der Waals surface area (Å²) in [4.78, 5) is 0. The van der Waals surface area contributed by atoms with Crippen LogP contribution in [0.4, 0.5) is 0 Å². The van der Waals surface area contributed by atoms with E-state index in [1.807, 2.05) is 6.92 Å². The summed E-state index contributed by atoms with van der Waals surface area (Å²) in [5.41, 5.74) is 1.77. The monoisotopic (exact) mass is 202 g/mol. The van der Waals surface area contributed by atoms with Crippen LogP contribution in [0.1, 0.15) is 12.5 Å². The lowest BCUT2D eigenvalue weighted by atomic mass is 10.1. The summed E-state index contributed by atoms with van der Waals surface area (Å²) in [5, 5.41) is 20.7. The molecule has 0 aliphatic carbocycles. The molecule has 2 aromatic rings. The fraction of sp³-hybridized carbons (Fsp3) is 0.100. The Morgan fingerprint density at radius 3 is 2.40 bits per heavy atom. The van der Waals surface area contributed by atoms with Crippen LogP contribution in [0, 0.1) is 0 Å². The number of aromatic nitrogens is 3. The van der Waals surface area contributed by atoms with Crippen molar-refractivity contribution in [3.05, 3.63) is 42.5 Å². The van der Waals surface area contributed by atoms with Gasteiger partial charge < -0.3 is 5.11 Å². The highest BCUT2D eigenvalue weighted by atomic mass is 16.3. The van der Waals surface area contributed by atoms with E-state index in [0.29, 0.717) is 0 Å². The largest absolute Gasteiger partial charge is 0.508 e. The standard InChI is InChI=1S/C10H10N4O/c1-8(13-14-6-11-12-7-14)9-2-4-10(15)5-3-9/h2-7,15H,1H3/b13-8-. The van der Waals surface area contributed by atoms with Crippen LogP contribution in [0.3, 0.4) is 0 Å². The molecular formula is C10H10N4O. The SMILES string of the molecule is C/C(=N/n1cnnc1)c1ccc(O)cc1. The molecule has 2 rings (SSSR count). The van der Waals surface area contributed by atoms with Crippen LogP contribution in [-0.4, -0.2) is 25.7 Å². The van der Waals surface area contributed by atoms with Crippen molar-refractivity contribution in [2.24, 2.45) is 5.10 Å². The predicted molar refractivity (Wildman–Crippen MR) is 55.7 cm³/mol. The minimum Gasteiger partial charge on any atom is -0.508 e. The summed E-state index contributed by atoms with van der Waals surface area (Å²) in [6.45, 7) is 1.88. The van der Waals surface area contributed by atoms with Crippen molar-refractivity contribution in [3.8, 4) is 5.75 Å². The molecule has 1 aromatic carbocycles. The lowest BCUT2D eigenvalue weighted by Crippen LogP contribution is -1.97. The maximum absolute atomic E-state index is 9.13. The second-order valence-corrected chi connectivity index (χ2v) is 3.07. The Labute approximate surface area is 86.7 Å². The molecule has 0 saturated carbocycles. The van der Waals surface area contributed by atoms with Crippen molar-refractivity contribution >= 4 is 5.71 Å². The zero-order chi connectivity index (χ0) is 10.7. The number of aromatic hydroxyl groups is 1. The summed E-state index contributed by atoms with van der Waals surface area (Å²) in [5.74, 6) is 0.246. The molecule has 1 heterocycles. The van der Waals surface area contributed by atoms with Crippen LogP contribution in [-0.2, 0) is 0 Å². The molecule has 76 valence electrons. The van der Waals surface area contributed by atoms with Crippen LogP contribution >= 0.6 is 0 Å². The predicted octanol–water partition coefficient (Wildman–Crippen LogP) is 1.26. The van der Waals surface area contributed by atoms with Gasteiger partial charge in [0.2, 0.25) is 0 Å². The van der Waals surface area contributed by atoms with Gasteiger partial charge >= 0.3 is 0 Å². The number of rotatable bonds is 2. The van der Waals surface area contributed by atoms with Crippen molar-refractivity contribution in [1.82, 2.24) is 14.9 Å². The van der Waals surface area contributed by atoms with Crippen molar-refractivity contribution in [3.63, 3.8) is 0 Å². The van der Waals surface area contributed by atoms with Crippen LogP contribution in [0.25, 0.3) is 0 Å². The summed E-state index contributed by atoms with van der Waals surface area (Å²) in [7, 11) is 0. The Balaban J connectivity index is 2.28. The van der Waals surface area contributed by atoms with Gasteiger partial charge in [-0.1, -0.05) is 0 Å². The fourth-order valence-electron chi connectivity index (χ4n) is 1.18. The van der Waals surface area contributed by atoms with Gasteiger partial charge in [0.1, 0.15) is 18.4 Å². The van der Waals surface area contributed by atoms with E-state index in [-0.39, 0.29) is 5.75 Å². The van der Waals surface area contributed by atoms with E-state index in [2.05, 4.69) is 15.3 Å². The van der Waals surface area contributed by atoms with E-state index >= 15 is 0 Å². The lowest BCUT2D eigenvalue weighted by molar-refractivity contribution is 0.475. The first-order valence-electron chi connectivity index (χ1n) is 4.45. The second kappa shape index (κ2) is 3.91. The Morgan fingerprint density at radius 2 is 1.80 bits per heavy atom. The van der Waals surface area contributed by atoms with E-state index in [0.717, 1.165) is 11.3 Å². The highest BCUT2D eigenvalue weighted by molar-refractivity contribution is 5.98. The normalized spacial score (nSPS) is 11.7. The number of hydrogen-bond acceptors (Lipinski definition) is 4. The molecule has 5 heteroatoms. The summed E-state index contributed by atoms with van der Waals surface area (Å²) in [6, 6.07) is 6.86. The van der Waals surface area contributed by atoms with Gasteiger partial charge in [-0.05, 0) is 36.8 Å². The van der Waals surface area contributed by atoms with Crippen molar-refractivity contribution in [2.45, 2.75) is 6.92 Å². The van der Waals surface area contributed by atoms with Crippen LogP contribution in [0.15, 0.2) is 42.0 Å². The topological polar surface area (TPSA) is 63.3 Å². The zero-order valence-electron chi connectivity index (χ0n) is 8.20. The van der Waals surface area contributed by atoms with Crippen molar-refractivity contribution in [1.29, 1.82) is 0 Å². The van der Waals surface area contributed by atoms with E-state index in [1.165, 1.54) is 17.3 Å². The molecule has 1 N–H and O–H groups in total. The minimum absolute atomic E-state index is 0.246. The molecule has 15 heavy (non-hydrogen) atoms. The van der Waals surface area contributed by atoms with Gasteiger partial charge in [-0.2, -0.15) is 5.10 Å². The molecule has 0 unspecified atom stereocenters. The Hall–Kier alpha value is -2.17. The van der Waals surface area contributed by atoms with Gasteiger partial charge in [-0.15, -0.1) is 10.2 Å². The smallest absolute Gasteiger partial charge is 0.141 e. The molecule has 0 amide bonds. The summed E-state index contributed by atoms with van der Waals surface area (Å²) >= 11 is 0. The first-order valence-corrected chi connectivity index (χ1v) is 4.45. The number of nitrogens with zero attached hydrogens (tertiary/aromatic N) is 4. The van der Waals surface area contributed by atoms with Gasteiger partial charge in [0.25, 0.3) is 0 Å². The molecule has 0 atom stereocenters. The van der Waals surface area contributed by atoms with Gasteiger partial charge in [-0.3, -0.25) is 0 Å². The third kappa shape index (κ3) is 2.19. The van der Waals surface area contributed by atoms with Gasteiger partial charge in [0, 0.05) is 0 Å². The Morgan fingerprint density at radius 1 is 1.20 bits per heavy atom. The molecule has 0 spiro atoms. The van der Waals surface area contributed by atoms with E-state index in [9.17, 15) is 0 Å². The molecule has 0 fully saturated rings. The van der Waals surface area contributed by atoms with Crippen LogP contribution in [0.2, 0.25) is 0 Å². The lowest BCUT2D eigenvalue weighted by Gasteiger charge is -2.00. The first kappa shape index (κ1) is 9.39. The number of benzene rings is 1. The average molecular weight is 202 g/mol. The van der Waals surface area contributed by atoms with Crippen LogP contribution in [0.5, 0.6) is 5.75 Å². The molecular weight excluding hydrogens is 192 g/mol. The molecule has 1 aromatic heterocycles. The van der Waals surface area contributed by atoms with Gasteiger partial charge in [-0.25, -0.2) is 4.68 Å². The van der Waals surface area contributed by atoms with Gasteiger partial charge in [0.05, 0.1) is 5.71 Å². The molecule has 0 aliphatic heterocycles. The highest BCUT2D eigenvalue weighted by Crippen LogP contribution is 2.10. The zero-order valence-corrected chi connectivity index (χ0v) is 8.20. The van der Waals surface area contributed by atoms with Crippen LogP contribution < -0.4 is 0 Å². The second-order valence-electron chi connectivity index (χ2n) is 3.07. The summed E-state index contributed by atoms with van der Waals surface area (Å²) in [6.07, 6.45) is 3.04. The minimum atomic E-state index is 0.246. The first-order chi connectivity index (χ1) is 7.25. The van der Waals surface area contributed by atoms with E-state index in [1.54, 1.807) is 24.3 Å². The molecule has 0 bridgehead atoms. The third-order valence-electron chi connectivity index (χ3n) is 1.96. The quantitative estimate of drug-likeness (QED) is 0.745. The van der Waals surface area contributed by atoms with E-state index in [4.69, 9.17) is 5.11 Å². The Kier molecular flexibility index (Phi) is 2.45. The fourth-order valence-corrected chi connectivity index (χ4v) is 1.18. The third-order valence-corrected chi connectivity index (χ3v) is 1.96.